The molecule has 0 aromatic heterocycles. The lowest BCUT2D eigenvalue weighted by Gasteiger charge is -2.33. The summed E-state index contributed by atoms with van der Waals surface area (Å²) in [5, 5.41) is 14.8. The van der Waals surface area contributed by atoms with Crippen LogP contribution in [0.4, 0.5) is 5.69 Å². The maximum absolute atomic E-state index is 8.98. The van der Waals surface area contributed by atoms with E-state index in [0.717, 1.165) is 30.6 Å². The van der Waals surface area contributed by atoms with Crippen molar-refractivity contribution in [3.63, 3.8) is 0 Å². The van der Waals surface area contributed by atoms with Crippen LogP contribution in [0.3, 0.4) is 0 Å². The first kappa shape index (κ1) is 12.0. The van der Waals surface area contributed by atoms with E-state index in [0.29, 0.717) is 6.04 Å². The predicted molar refractivity (Wildman–Crippen MR) is 78.3 cm³/mol. The lowest BCUT2D eigenvalue weighted by Crippen LogP contribution is -2.49. The second kappa shape index (κ2) is 4.91. The number of benzene rings is 2. The predicted octanol–water partition coefficient (Wildman–Crippen LogP) is 2.51. The minimum atomic E-state index is 0.523. The van der Waals surface area contributed by atoms with Crippen LogP contribution in [-0.2, 0) is 0 Å². The number of fused-ring (bicyclic) bond motifs is 1. The second-order valence-electron chi connectivity index (χ2n) is 5.16. The quantitative estimate of drug-likeness (QED) is 0.846. The molecule has 96 valence electrons. The highest BCUT2D eigenvalue weighted by atomic mass is 15.2. The van der Waals surface area contributed by atoms with Crippen molar-refractivity contribution in [1.29, 1.82) is 5.26 Å². The Hall–Kier alpha value is -2.05. The van der Waals surface area contributed by atoms with Crippen LogP contribution in [-0.4, -0.2) is 25.7 Å². The molecular formula is C16H17N3. The maximum atomic E-state index is 8.98. The zero-order chi connectivity index (χ0) is 13.2. The summed E-state index contributed by atoms with van der Waals surface area (Å²) in [7, 11) is 0. The first-order valence-corrected chi connectivity index (χ1v) is 6.68. The van der Waals surface area contributed by atoms with E-state index in [9.17, 15) is 0 Å². The van der Waals surface area contributed by atoms with Gasteiger partial charge in [-0.25, -0.2) is 0 Å². The average Bonchev–Trinajstić information content (AvgIpc) is 2.46. The molecule has 1 saturated heterocycles. The van der Waals surface area contributed by atoms with Crippen molar-refractivity contribution in [3.8, 4) is 6.07 Å². The van der Waals surface area contributed by atoms with E-state index in [-0.39, 0.29) is 0 Å². The van der Waals surface area contributed by atoms with E-state index in [1.807, 2.05) is 18.2 Å². The summed E-state index contributed by atoms with van der Waals surface area (Å²) in [5.41, 5.74) is 1.97. The molecule has 19 heavy (non-hydrogen) atoms. The molecule has 0 aliphatic carbocycles. The Bertz CT molecular complexity index is 642. The molecular weight excluding hydrogens is 234 g/mol. The second-order valence-corrected chi connectivity index (χ2v) is 5.16. The Morgan fingerprint density at radius 3 is 2.84 bits per heavy atom. The van der Waals surface area contributed by atoms with Gasteiger partial charge in [-0.1, -0.05) is 12.1 Å². The number of nitrogens with zero attached hydrogens (tertiary/aromatic N) is 2. The molecule has 1 N–H and O–H groups in total. The fourth-order valence-corrected chi connectivity index (χ4v) is 2.67. The van der Waals surface area contributed by atoms with Gasteiger partial charge in [0.2, 0.25) is 0 Å². The van der Waals surface area contributed by atoms with E-state index >= 15 is 0 Å². The van der Waals surface area contributed by atoms with Gasteiger partial charge >= 0.3 is 0 Å². The number of anilines is 1. The standard InChI is InChI=1S/C16H17N3/c1-12-11-19(7-6-18-12)16-5-4-14-3-2-13(10-17)8-15(14)9-16/h2-5,8-9,12,18H,6-7,11H2,1H3/t12-/m1/s1. The minimum absolute atomic E-state index is 0.523. The molecule has 0 radical (unpaired) electrons. The molecule has 1 fully saturated rings. The Morgan fingerprint density at radius 1 is 1.21 bits per heavy atom. The molecule has 1 aliphatic heterocycles. The largest absolute Gasteiger partial charge is 0.369 e. The van der Waals surface area contributed by atoms with Gasteiger partial charge in [-0.3, -0.25) is 0 Å². The third kappa shape index (κ3) is 2.40. The molecule has 0 saturated carbocycles. The van der Waals surface area contributed by atoms with Crippen LogP contribution in [0.15, 0.2) is 36.4 Å². The van der Waals surface area contributed by atoms with Crippen LogP contribution >= 0.6 is 0 Å². The number of hydrogen-bond donors (Lipinski definition) is 1. The molecule has 0 bridgehead atoms. The zero-order valence-electron chi connectivity index (χ0n) is 11.1. The fourth-order valence-electron chi connectivity index (χ4n) is 2.67. The zero-order valence-corrected chi connectivity index (χ0v) is 11.1. The number of piperazine rings is 1. The molecule has 1 heterocycles. The van der Waals surface area contributed by atoms with Crippen LogP contribution in [0.25, 0.3) is 10.8 Å². The van der Waals surface area contributed by atoms with E-state index in [2.05, 4.69) is 41.4 Å². The summed E-state index contributed by atoms with van der Waals surface area (Å²) in [6, 6.07) is 15.1. The summed E-state index contributed by atoms with van der Waals surface area (Å²) in [4.78, 5) is 2.40. The number of rotatable bonds is 1. The molecule has 1 atom stereocenters. The molecule has 2 aromatic carbocycles. The van der Waals surface area contributed by atoms with Crippen molar-refractivity contribution < 1.29 is 0 Å². The fraction of sp³-hybridized carbons (Fsp3) is 0.312. The van der Waals surface area contributed by atoms with Crippen LogP contribution < -0.4 is 10.2 Å². The van der Waals surface area contributed by atoms with Crippen LogP contribution in [0, 0.1) is 11.3 Å². The topological polar surface area (TPSA) is 39.1 Å². The molecule has 1 aliphatic rings. The van der Waals surface area contributed by atoms with Crippen molar-refractivity contribution in [2.24, 2.45) is 0 Å². The molecule has 3 rings (SSSR count). The van der Waals surface area contributed by atoms with Crippen molar-refractivity contribution in [2.75, 3.05) is 24.5 Å². The van der Waals surface area contributed by atoms with Gasteiger partial charge in [0.25, 0.3) is 0 Å². The summed E-state index contributed by atoms with van der Waals surface area (Å²) in [5.74, 6) is 0. The summed E-state index contributed by atoms with van der Waals surface area (Å²) < 4.78 is 0. The SMILES string of the molecule is C[C@@H]1CN(c2ccc3ccc(C#N)cc3c2)CCN1. The van der Waals surface area contributed by atoms with Gasteiger partial charge in [-0.15, -0.1) is 0 Å². The smallest absolute Gasteiger partial charge is 0.0991 e. The Kier molecular flexibility index (Phi) is 3.10. The Labute approximate surface area is 113 Å². The minimum Gasteiger partial charge on any atom is -0.369 e. The average molecular weight is 251 g/mol. The van der Waals surface area contributed by atoms with Crippen LogP contribution in [0.5, 0.6) is 0 Å². The highest BCUT2D eigenvalue weighted by molar-refractivity contribution is 5.87. The van der Waals surface area contributed by atoms with E-state index in [1.54, 1.807) is 0 Å². The Balaban J connectivity index is 1.98. The highest BCUT2D eigenvalue weighted by Crippen LogP contribution is 2.24. The number of nitriles is 1. The molecule has 0 spiro atoms. The summed E-state index contributed by atoms with van der Waals surface area (Å²) >= 11 is 0. The molecule has 3 heteroatoms. The normalized spacial score (nSPS) is 19.4. The van der Waals surface area contributed by atoms with Crippen molar-refractivity contribution >= 4 is 16.5 Å². The lowest BCUT2D eigenvalue weighted by molar-refractivity contribution is 0.485. The molecule has 0 unspecified atom stereocenters. The lowest BCUT2D eigenvalue weighted by atomic mass is 10.1. The number of nitrogens with one attached hydrogen (secondary N) is 1. The van der Waals surface area contributed by atoms with Gasteiger partial charge in [-0.2, -0.15) is 5.26 Å². The highest BCUT2D eigenvalue weighted by Gasteiger charge is 2.15. The van der Waals surface area contributed by atoms with Gasteiger partial charge in [-0.05, 0) is 42.0 Å². The monoisotopic (exact) mass is 251 g/mol. The van der Waals surface area contributed by atoms with E-state index in [1.165, 1.54) is 11.1 Å². The summed E-state index contributed by atoms with van der Waals surface area (Å²) in [6.45, 7) is 5.30. The number of hydrogen-bond acceptors (Lipinski definition) is 3. The van der Waals surface area contributed by atoms with Gasteiger partial charge in [0.15, 0.2) is 0 Å². The first-order chi connectivity index (χ1) is 9.26. The van der Waals surface area contributed by atoms with E-state index < -0.39 is 0 Å². The van der Waals surface area contributed by atoms with Crippen LogP contribution in [0.2, 0.25) is 0 Å². The molecule has 2 aromatic rings. The summed E-state index contributed by atoms with van der Waals surface area (Å²) in [6.07, 6.45) is 0. The van der Waals surface area contributed by atoms with Gasteiger partial charge in [0, 0.05) is 31.4 Å². The molecule has 0 amide bonds. The van der Waals surface area contributed by atoms with Crippen LogP contribution in [0.1, 0.15) is 12.5 Å². The Morgan fingerprint density at radius 2 is 2.05 bits per heavy atom. The van der Waals surface area contributed by atoms with E-state index in [4.69, 9.17) is 5.26 Å². The van der Waals surface area contributed by atoms with Crippen molar-refractivity contribution in [1.82, 2.24) is 5.32 Å². The van der Waals surface area contributed by atoms with Crippen molar-refractivity contribution in [2.45, 2.75) is 13.0 Å². The maximum Gasteiger partial charge on any atom is 0.0991 e. The third-order valence-corrected chi connectivity index (χ3v) is 3.69. The first-order valence-electron chi connectivity index (χ1n) is 6.68. The van der Waals surface area contributed by atoms with Gasteiger partial charge < -0.3 is 10.2 Å². The molecule has 3 nitrogen and oxygen atoms in total. The van der Waals surface area contributed by atoms with Gasteiger partial charge in [0.05, 0.1) is 11.6 Å². The third-order valence-electron chi connectivity index (χ3n) is 3.69. The van der Waals surface area contributed by atoms with Crippen molar-refractivity contribution in [3.05, 3.63) is 42.0 Å². The van der Waals surface area contributed by atoms with Gasteiger partial charge in [0.1, 0.15) is 0 Å².